The Morgan fingerprint density at radius 3 is 2.28 bits per heavy atom. The number of allylic oxidation sites excluding steroid dienone is 2. The molecule has 0 bridgehead atoms. The lowest BCUT2D eigenvalue weighted by Gasteiger charge is -2.23. The maximum Gasteiger partial charge on any atom is 0.123 e. The monoisotopic (exact) mass is 481 g/mol. The van der Waals surface area contributed by atoms with Crippen LogP contribution in [0.4, 0.5) is 0 Å². The molecular formula is C26H41Cl2N3O. The molecule has 6 heteroatoms. The fraction of sp³-hybridized carbons (Fsp3) is 0.500. The molecule has 0 fully saturated rings. The number of rotatable bonds is 11. The van der Waals surface area contributed by atoms with Crippen LogP contribution in [-0.2, 0) is 13.1 Å². The molecule has 0 atom stereocenters. The van der Waals surface area contributed by atoms with E-state index in [1.165, 1.54) is 5.57 Å². The zero-order valence-electron chi connectivity index (χ0n) is 20.5. The van der Waals surface area contributed by atoms with Gasteiger partial charge in [0.05, 0.1) is 6.54 Å². The lowest BCUT2D eigenvalue weighted by atomic mass is 10.2. The number of nitrogens with zero attached hydrogens (tertiary/aromatic N) is 3. The minimum atomic E-state index is 0.229. The Kier molecular flexibility index (Phi) is 18.0. The molecule has 0 saturated heterocycles. The van der Waals surface area contributed by atoms with Crippen molar-refractivity contribution >= 4 is 23.2 Å². The first-order valence-corrected chi connectivity index (χ1v) is 12.2. The van der Waals surface area contributed by atoms with Gasteiger partial charge in [-0.25, -0.2) is 4.98 Å². The normalized spacial score (nSPS) is 10.5. The van der Waals surface area contributed by atoms with E-state index in [2.05, 4.69) is 28.0 Å². The van der Waals surface area contributed by atoms with E-state index in [4.69, 9.17) is 28.3 Å². The zero-order valence-corrected chi connectivity index (χ0v) is 22.0. The highest BCUT2D eigenvalue weighted by Gasteiger charge is 2.12. The Balaban J connectivity index is 0.00000144. The number of unbranched alkanes of at least 4 members (excludes halogenated alkanes) is 1. The maximum absolute atomic E-state index is 9.04. The first kappa shape index (κ1) is 30.4. The fourth-order valence-electron chi connectivity index (χ4n) is 2.82. The van der Waals surface area contributed by atoms with Gasteiger partial charge in [-0.3, -0.25) is 4.90 Å². The molecule has 1 aromatic heterocycles. The highest BCUT2D eigenvalue weighted by molar-refractivity contribution is 6.34. The third-order valence-electron chi connectivity index (χ3n) is 4.60. The van der Waals surface area contributed by atoms with Crippen LogP contribution in [0.2, 0.25) is 10.0 Å². The first-order chi connectivity index (χ1) is 15.4. The van der Waals surface area contributed by atoms with Crippen molar-refractivity contribution < 1.29 is 5.11 Å². The first-order valence-electron chi connectivity index (χ1n) is 11.5. The molecule has 1 aromatic carbocycles. The van der Waals surface area contributed by atoms with Gasteiger partial charge >= 0.3 is 0 Å². The number of aliphatic hydroxyl groups is 1. The predicted molar refractivity (Wildman–Crippen MR) is 141 cm³/mol. The Labute approximate surface area is 205 Å². The molecule has 2 aromatic rings. The lowest BCUT2D eigenvalue weighted by Crippen LogP contribution is -2.28. The summed E-state index contributed by atoms with van der Waals surface area (Å²) in [6, 6.07) is 5.59. The van der Waals surface area contributed by atoms with Gasteiger partial charge in [-0.2, -0.15) is 0 Å². The summed E-state index contributed by atoms with van der Waals surface area (Å²) < 4.78 is 2.12. The van der Waals surface area contributed by atoms with Crippen LogP contribution in [0.5, 0.6) is 0 Å². The smallest absolute Gasteiger partial charge is 0.123 e. The second-order valence-electron chi connectivity index (χ2n) is 7.16. The Bertz CT molecular complexity index is 763. The molecule has 180 valence electrons. The van der Waals surface area contributed by atoms with Crippen LogP contribution >= 0.6 is 23.2 Å². The Morgan fingerprint density at radius 1 is 1.12 bits per heavy atom. The van der Waals surface area contributed by atoms with Crippen molar-refractivity contribution in [1.82, 2.24) is 14.5 Å². The van der Waals surface area contributed by atoms with Gasteiger partial charge in [-0.1, -0.05) is 68.3 Å². The zero-order chi connectivity index (χ0) is 24.4. The number of halogens is 2. The van der Waals surface area contributed by atoms with Gasteiger partial charge in [-0.05, 0) is 63.4 Å². The molecule has 0 aliphatic rings. The average Bonchev–Trinajstić information content (AvgIpc) is 3.20. The number of hydrogen-bond acceptors (Lipinski definition) is 3. The molecular weight excluding hydrogens is 441 g/mol. The minimum absolute atomic E-state index is 0.229. The van der Waals surface area contributed by atoms with Gasteiger partial charge in [0.15, 0.2) is 0 Å². The van der Waals surface area contributed by atoms with Crippen molar-refractivity contribution in [2.45, 2.75) is 67.0 Å². The molecule has 0 aliphatic carbocycles. The average molecular weight is 483 g/mol. The van der Waals surface area contributed by atoms with E-state index in [-0.39, 0.29) is 6.61 Å². The van der Waals surface area contributed by atoms with Gasteiger partial charge in [0.1, 0.15) is 5.82 Å². The van der Waals surface area contributed by atoms with Gasteiger partial charge < -0.3 is 9.67 Å². The summed E-state index contributed by atoms with van der Waals surface area (Å²) in [5.41, 5.74) is 2.25. The molecule has 0 radical (unpaired) electrons. The molecule has 1 heterocycles. The van der Waals surface area contributed by atoms with Gasteiger partial charge in [0.2, 0.25) is 0 Å². The van der Waals surface area contributed by atoms with Crippen molar-refractivity contribution in [2.75, 3.05) is 19.7 Å². The molecule has 2 rings (SSSR count). The Morgan fingerprint density at radius 2 is 1.75 bits per heavy atom. The number of hydrogen-bond donors (Lipinski definition) is 1. The van der Waals surface area contributed by atoms with Crippen molar-refractivity contribution in [3.8, 4) is 0 Å². The van der Waals surface area contributed by atoms with E-state index in [1.807, 2.05) is 64.4 Å². The van der Waals surface area contributed by atoms with Gasteiger partial charge in [0, 0.05) is 42.1 Å². The van der Waals surface area contributed by atoms with E-state index < -0.39 is 0 Å². The van der Waals surface area contributed by atoms with E-state index in [0.717, 1.165) is 50.3 Å². The second-order valence-corrected chi connectivity index (χ2v) is 8.03. The van der Waals surface area contributed by atoms with E-state index in [0.29, 0.717) is 16.6 Å². The van der Waals surface area contributed by atoms with Crippen molar-refractivity contribution in [3.05, 3.63) is 76.3 Å². The lowest BCUT2D eigenvalue weighted by molar-refractivity contribution is 0.242. The fourth-order valence-corrected chi connectivity index (χ4v) is 3.40. The van der Waals surface area contributed by atoms with Crippen LogP contribution in [0, 0.1) is 0 Å². The van der Waals surface area contributed by atoms with Crippen molar-refractivity contribution in [3.63, 3.8) is 0 Å². The molecule has 0 unspecified atom stereocenters. The number of imidazole rings is 1. The molecule has 4 nitrogen and oxygen atoms in total. The van der Waals surface area contributed by atoms with E-state index in [9.17, 15) is 0 Å². The molecule has 0 saturated carbocycles. The van der Waals surface area contributed by atoms with Gasteiger partial charge in [-0.15, -0.1) is 0 Å². The summed E-state index contributed by atoms with van der Waals surface area (Å²) in [4.78, 5) is 6.87. The summed E-state index contributed by atoms with van der Waals surface area (Å²) in [6.07, 6.45) is 10.5. The number of aromatic nitrogens is 2. The molecule has 0 amide bonds. The summed E-state index contributed by atoms with van der Waals surface area (Å²) in [5, 5.41) is 10.3. The van der Waals surface area contributed by atoms with Crippen LogP contribution < -0.4 is 0 Å². The topological polar surface area (TPSA) is 41.3 Å². The largest absolute Gasteiger partial charge is 0.396 e. The Hall–Kier alpha value is -1.59. The van der Waals surface area contributed by atoms with Gasteiger partial charge in [0.25, 0.3) is 0 Å². The van der Waals surface area contributed by atoms with E-state index in [1.54, 1.807) is 6.07 Å². The van der Waals surface area contributed by atoms with Crippen LogP contribution in [0.15, 0.2) is 54.9 Å². The number of aliphatic hydroxyl groups excluding tert-OH is 1. The van der Waals surface area contributed by atoms with Crippen LogP contribution in [0.3, 0.4) is 0 Å². The third-order valence-corrected chi connectivity index (χ3v) is 5.04. The summed E-state index contributed by atoms with van der Waals surface area (Å²) in [7, 11) is 0. The highest BCUT2D eigenvalue weighted by Crippen LogP contribution is 2.20. The maximum atomic E-state index is 9.04. The van der Waals surface area contributed by atoms with E-state index >= 15 is 0 Å². The SMILES string of the molecule is C/C=C\C.C=C(CC)CN(CCCCO)Cc1nccn1Cc1cc(Cl)cc(Cl)c1.CC. The minimum Gasteiger partial charge on any atom is -0.396 e. The van der Waals surface area contributed by atoms with Crippen molar-refractivity contribution in [2.24, 2.45) is 0 Å². The quantitative estimate of drug-likeness (QED) is 0.268. The summed E-state index contributed by atoms with van der Waals surface area (Å²) in [5.74, 6) is 0.994. The molecule has 32 heavy (non-hydrogen) atoms. The predicted octanol–water partition coefficient (Wildman–Crippen LogP) is 7.39. The molecule has 0 spiro atoms. The third kappa shape index (κ3) is 13.1. The number of benzene rings is 1. The second kappa shape index (κ2) is 18.9. The molecule has 1 N–H and O–H groups in total. The van der Waals surface area contributed by atoms with Crippen LogP contribution in [0.1, 0.15) is 65.3 Å². The van der Waals surface area contributed by atoms with Crippen LogP contribution in [-0.4, -0.2) is 39.3 Å². The summed E-state index contributed by atoms with van der Waals surface area (Å²) >= 11 is 12.2. The van der Waals surface area contributed by atoms with Crippen molar-refractivity contribution in [1.29, 1.82) is 0 Å². The van der Waals surface area contributed by atoms with Crippen LogP contribution in [0.25, 0.3) is 0 Å². The standard InChI is InChI=1S/C20H27Cl2N3O.C4H8.C2H6/c1-3-16(2)13-24(7-4-5-9-26)15-20-23-6-8-25(20)14-17-10-18(21)12-19(22)11-17;1-3-4-2;1-2/h6,8,10-12,26H,2-5,7,9,13-15H2,1H3;3-4H,1-2H3;1-2H3/b;4-3-;. The highest BCUT2D eigenvalue weighted by atomic mass is 35.5. The summed E-state index contributed by atoms with van der Waals surface area (Å²) in [6.45, 7) is 17.7. The molecule has 0 aliphatic heterocycles.